The maximum absolute atomic E-state index is 11.2. The van der Waals surface area contributed by atoms with Gasteiger partial charge in [-0.15, -0.1) is 0 Å². The standard InChI is InChI=1S/C15H17NO3/c1-2-19-15(18)5-3-4-11-6-8-13-12(10-11)7-9-14(17)16-13/h6-10H,2-5H2,1H3,(H,16,17). The van der Waals surface area contributed by atoms with Crippen molar-refractivity contribution in [3.8, 4) is 0 Å². The van der Waals surface area contributed by atoms with Crippen LogP contribution >= 0.6 is 0 Å². The highest BCUT2D eigenvalue weighted by Gasteiger charge is 2.02. The fourth-order valence-electron chi connectivity index (χ4n) is 2.03. The lowest BCUT2D eigenvalue weighted by Crippen LogP contribution is -2.04. The van der Waals surface area contributed by atoms with Crippen LogP contribution in [0.5, 0.6) is 0 Å². The average molecular weight is 259 g/mol. The topological polar surface area (TPSA) is 59.2 Å². The molecule has 0 aliphatic rings. The number of hydrogen-bond acceptors (Lipinski definition) is 3. The maximum atomic E-state index is 11.2. The minimum atomic E-state index is -0.146. The predicted octanol–water partition coefficient (Wildman–Crippen LogP) is 2.41. The van der Waals surface area contributed by atoms with Crippen molar-refractivity contribution in [1.29, 1.82) is 0 Å². The highest BCUT2D eigenvalue weighted by atomic mass is 16.5. The van der Waals surface area contributed by atoms with Crippen LogP contribution in [0.4, 0.5) is 0 Å². The van der Waals surface area contributed by atoms with Gasteiger partial charge in [-0.25, -0.2) is 0 Å². The average Bonchev–Trinajstić information content (AvgIpc) is 2.39. The lowest BCUT2D eigenvalue weighted by Gasteiger charge is -2.04. The fraction of sp³-hybridized carbons (Fsp3) is 0.333. The van der Waals surface area contributed by atoms with Gasteiger partial charge in [0.2, 0.25) is 5.56 Å². The van der Waals surface area contributed by atoms with E-state index in [-0.39, 0.29) is 11.5 Å². The van der Waals surface area contributed by atoms with Crippen LogP contribution in [0.25, 0.3) is 10.9 Å². The third-order valence-corrected chi connectivity index (χ3v) is 2.94. The summed E-state index contributed by atoms with van der Waals surface area (Å²) < 4.78 is 4.88. The Morgan fingerprint density at radius 2 is 2.11 bits per heavy atom. The summed E-state index contributed by atoms with van der Waals surface area (Å²) in [6.45, 7) is 2.24. The van der Waals surface area contributed by atoms with E-state index in [9.17, 15) is 9.59 Å². The van der Waals surface area contributed by atoms with Gasteiger partial charge in [0.05, 0.1) is 6.61 Å². The number of ether oxygens (including phenoxy) is 1. The molecule has 4 heteroatoms. The van der Waals surface area contributed by atoms with Crippen LogP contribution in [0.2, 0.25) is 0 Å². The van der Waals surface area contributed by atoms with Crippen molar-refractivity contribution in [2.75, 3.05) is 6.61 Å². The van der Waals surface area contributed by atoms with Crippen molar-refractivity contribution in [2.24, 2.45) is 0 Å². The minimum Gasteiger partial charge on any atom is -0.466 e. The van der Waals surface area contributed by atoms with E-state index in [1.807, 2.05) is 31.2 Å². The molecule has 0 bridgehead atoms. The highest BCUT2D eigenvalue weighted by Crippen LogP contribution is 2.14. The van der Waals surface area contributed by atoms with Crippen LogP contribution in [0, 0.1) is 0 Å². The van der Waals surface area contributed by atoms with Gasteiger partial charge in [0, 0.05) is 18.0 Å². The summed E-state index contributed by atoms with van der Waals surface area (Å²) in [6, 6.07) is 9.24. The molecule has 1 N–H and O–H groups in total. The van der Waals surface area contributed by atoms with Crippen molar-refractivity contribution in [3.05, 3.63) is 46.2 Å². The maximum Gasteiger partial charge on any atom is 0.305 e. The van der Waals surface area contributed by atoms with E-state index in [2.05, 4.69) is 4.98 Å². The molecule has 100 valence electrons. The molecule has 0 spiro atoms. The Bertz CT molecular complexity index is 631. The number of hydrogen-bond donors (Lipinski definition) is 1. The van der Waals surface area contributed by atoms with E-state index in [1.165, 1.54) is 6.07 Å². The Labute approximate surface area is 111 Å². The van der Waals surface area contributed by atoms with Crippen molar-refractivity contribution in [3.63, 3.8) is 0 Å². The van der Waals surface area contributed by atoms with E-state index >= 15 is 0 Å². The summed E-state index contributed by atoms with van der Waals surface area (Å²) in [5, 5.41) is 1.01. The Hall–Kier alpha value is -2.10. The smallest absolute Gasteiger partial charge is 0.305 e. The minimum absolute atomic E-state index is 0.0949. The molecule has 0 amide bonds. The predicted molar refractivity (Wildman–Crippen MR) is 74.1 cm³/mol. The van der Waals surface area contributed by atoms with Gasteiger partial charge in [0.25, 0.3) is 0 Å². The summed E-state index contributed by atoms with van der Waals surface area (Å²) in [5.74, 6) is -0.146. The summed E-state index contributed by atoms with van der Waals surface area (Å²) in [6.07, 6.45) is 2.04. The second kappa shape index (κ2) is 6.18. The molecule has 4 nitrogen and oxygen atoms in total. The number of pyridine rings is 1. The molecule has 0 saturated heterocycles. The Morgan fingerprint density at radius 3 is 2.89 bits per heavy atom. The molecule has 0 fully saturated rings. The molecule has 0 unspecified atom stereocenters. The van der Waals surface area contributed by atoms with Crippen LogP contribution in [0.15, 0.2) is 35.1 Å². The van der Waals surface area contributed by atoms with E-state index in [0.717, 1.165) is 29.3 Å². The SMILES string of the molecule is CCOC(=O)CCCc1ccc2[nH]c(=O)ccc2c1. The number of carbonyl (C=O) groups is 1. The van der Waals surface area contributed by atoms with Gasteiger partial charge in [-0.1, -0.05) is 6.07 Å². The number of nitrogens with one attached hydrogen (secondary N) is 1. The van der Waals surface area contributed by atoms with Crippen molar-refractivity contribution >= 4 is 16.9 Å². The zero-order valence-electron chi connectivity index (χ0n) is 10.9. The zero-order valence-corrected chi connectivity index (χ0v) is 10.9. The molecule has 1 aromatic carbocycles. The first kappa shape index (κ1) is 13.3. The first-order valence-corrected chi connectivity index (χ1v) is 6.46. The van der Waals surface area contributed by atoms with Gasteiger partial charge in [-0.2, -0.15) is 0 Å². The highest BCUT2D eigenvalue weighted by molar-refractivity contribution is 5.78. The normalized spacial score (nSPS) is 10.6. The van der Waals surface area contributed by atoms with Crippen LogP contribution < -0.4 is 5.56 Å². The zero-order chi connectivity index (χ0) is 13.7. The second-order valence-corrected chi connectivity index (χ2v) is 4.40. The van der Waals surface area contributed by atoms with Gasteiger partial charge >= 0.3 is 5.97 Å². The second-order valence-electron chi connectivity index (χ2n) is 4.40. The Balaban J connectivity index is 2.00. The number of aromatic nitrogens is 1. The molecule has 0 radical (unpaired) electrons. The van der Waals surface area contributed by atoms with Crippen LogP contribution in [-0.2, 0) is 16.0 Å². The van der Waals surface area contributed by atoms with Gasteiger partial charge in [0.1, 0.15) is 0 Å². The molecule has 19 heavy (non-hydrogen) atoms. The largest absolute Gasteiger partial charge is 0.466 e. The van der Waals surface area contributed by atoms with E-state index in [4.69, 9.17) is 4.74 Å². The monoisotopic (exact) mass is 259 g/mol. The molecule has 2 aromatic rings. The molecule has 1 aromatic heterocycles. The van der Waals surface area contributed by atoms with Crippen LogP contribution in [0.1, 0.15) is 25.3 Å². The number of rotatable bonds is 5. The summed E-state index contributed by atoms with van der Waals surface area (Å²) in [4.78, 5) is 25.2. The molecular weight excluding hydrogens is 242 g/mol. The van der Waals surface area contributed by atoms with Crippen LogP contribution in [-0.4, -0.2) is 17.6 Å². The molecular formula is C15H17NO3. The molecule has 2 rings (SSSR count). The number of esters is 1. The number of aryl methyl sites for hydroxylation is 1. The van der Waals surface area contributed by atoms with Gasteiger partial charge in [-0.05, 0) is 48.9 Å². The Kier molecular flexibility index (Phi) is 4.34. The number of fused-ring (bicyclic) bond motifs is 1. The molecule has 0 aliphatic carbocycles. The number of benzene rings is 1. The number of aromatic amines is 1. The first-order chi connectivity index (χ1) is 9.19. The van der Waals surface area contributed by atoms with E-state index in [1.54, 1.807) is 0 Å². The van der Waals surface area contributed by atoms with Gasteiger partial charge in [-0.3, -0.25) is 9.59 Å². The molecule has 0 aliphatic heterocycles. The number of carbonyl (C=O) groups excluding carboxylic acids is 1. The van der Waals surface area contributed by atoms with E-state index in [0.29, 0.717) is 13.0 Å². The lowest BCUT2D eigenvalue weighted by atomic mass is 10.1. The molecule has 0 saturated carbocycles. The van der Waals surface area contributed by atoms with Crippen LogP contribution in [0.3, 0.4) is 0 Å². The number of H-pyrrole nitrogens is 1. The van der Waals surface area contributed by atoms with Gasteiger partial charge in [0.15, 0.2) is 0 Å². The molecule has 0 atom stereocenters. The third-order valence-electron chi connectivity index (χ3n) is 2.94. The third kappa shape index (κ3) is 3.68. The lowest BCUT2D eigenvalue weighted by molar-refractivity contribution is -0.143. The summed E-state index contributed by atoms with van der Waals surface area (Å²) >= 11 is 0. The van der Waals surface area contributed by atoms with E-state index < -0.39 is 0 Å². The van der Waals surface area contributed by atoms with Crippen molar-refractivity contribution < 1.29 is 9.53 Å². The summed E-state index contributed by atoms with van der Waals surface area (Å²) in [5.41, 5.74) is 1.90. The first-order valence-electron chi connectivity index (χ1n) is 6.46. The van der Waals surface area contributed by atoms with Crippen molar-refractivity contribution in [2.45, 2.75) is 26.2 Å². The fourth-order valence-corrected chi connectivity index (χ4v) is 2.03. The molecule has 1 heterocycles. The quantitative estimate of drug-likeness (QED) is 0.839. The summed E-state index contributed by atoms with van der Waals surface area (Å²) in [7, 11) is 0. The van der Waals surface area contributed by atoms with Crippen molar-refractivity contribution in [1.82, 2.24) is 4.98 Å². The van der Waals surface area contributed by atoms with Gasteiger partial charge < -0.3 is 9.72 Å². The Morgan fingerprint density at radius 1 is 1.26 bits per heavy atom.